The van der Waals surface area contributed by atoms with Crippen molar-refractivity contribution < 1.29 is 4.79 Å². The van der Waals surface area contributed by atoms with Crippen LogP contribution in [0.3, 0.4) is 0 Å². The number of carbonyl (C=O) groups excluding carboxylic acids is 1. The van der Waals surface area contributed by atoms with Crippen molar-refractivity contribution in [3.63, 3.8) is 0 Å². The molecule has 0 radical (unpaired) electrons. The second kappa shape index (κ2) is 5.63. The average molecular weight is 268 g/mol. The van der Waals surface area contributed by atoms with E-state index in [0.29, 0.717) is 12.6 Å². The van der Waals surface area contributed by atoms with E-state index >= 15 is 0 Å². The molecule has 3 rings (SSSR count). The Bertz CT molecular complexity index is 618. The molecule has 1 atom stereocenters. The van der Waals surface area contributed by atoms with Crippen LogP contribution in [-0.2, 0) is 4.79 Å². The minimum absolute atomic E-state index is 0.0946. The van der Waals surface area contributed by atoms with E-state index in [-0.39, 0.29) is 5.91 Å². The number of rotatable bonds is 3. The molecule has 0 saturated carbocycles. The van der Waals surface area contributed by atoms with E-state index < -0.39 is 0 Å². The molecule has 0 spiro atoms. The highest BCUT2D eigenvalue weighted by Crippen LogP contribution is 2.35. The standard InChI is InChI=1S/C17H20N2O/c1-18-17(20)12-19-11-5-10-16(19)15-9-4-7-13-6-2-3-8-14(13)15/h2-4,6-9,16H,5,10-12H2,1H3,(H,18,20). The fourth-order valence-corrected chi connectivity index (χ4v) is 3.17. The third-order valence-electron chi connectivity index (χ3n) is 4.17. The Hall–Kier alpha value is -1.87. The summed E-state index contributed by atoms with van der Waals surface area (Å²) in [4.78, 5) is 13.9. The van der Waals surface area contributed by atoms with Crippen molar-refractivity contribution in [1.29, 1.82) is 0 Å². The monoisotopic (exact) mass is 268 g/mol. The summed E-state index contributed by atoms with van der Waals surface area (Å²) >= 11 is 0. The van der Waals surface area contributed by atoms with E-state index in [1.807, 2.05) is 0 Å². The maximum atomic E-state index is 11.7. The predicted molar refractivity (Wildman–Crippen MR) is 81.6 cm³/mol. The summed E-state index contributed by atoms with van der Waals surface area (Å²) in [7, 11) is 1.70. The first-order valence-corrected chi connectivity index (χ1v) is 7.22. The van der Waals surface area contributed by atoms with Crippen molar-refractivity contribution in [1.82, 2.24) is 10.2 Å². The first-order chi connectivity index (χ1) is 9.79. The molecule has 0 aliphatic carbocycles. The highest BCUT2D eigenvalue weighted by Gasteiger charge is 2.28. The first-order valence-electron chi connectivity index (χ1n) is 7.22. The quantitative estimate of drug-likeness (QED) is 0.928. The van der Waals surface area contributed by atoms with Crippen molar-refractivity contribution >= 4 is 16.7 Å². The van der Waals surface area contributed by atoms with Crippen LogP contribution in [0.5, 0.6) is 0 Å². The minimum Gasteiger partial charge on any atom is -0.358 e. The average Bonchev–Trinajstić information content (AvgIpc) is 2.94. The number of nitrogens with one attached hydrogen (secondary N) is 1. The van der Waals surface area contributed by atoms with Crippen LogP contribution in [0, 0.1) is 0 Å². The van der Waals surface area contributed by atoms with Gasteiger partial charge in [-0.2, -0.15) is 0 Å². The number of likely N-dealkylation sites (tertiary alicyclic amines) is 1. The van der Waals surface area contributed by atoms with Crippen LogP contribution in [0.2, 0.25) is 0 Å². The van der Waals surface area contributed by atoms with Crippen LogP contribution in [0.25, 0.3) is 10.8 Å². The molecule has 1 aliphatic rings. The Morgan fingerprint density at radius 2 is 2.05 bits per heavy atom. The van der Waals surface area contributed by atoms with Gasteiger partial charge in [-0.25, -0.2) is 0 Å². The Morgan fingerprint density at radius 3 is 2.90 bits per heavy atom. The maximum absolute atomic E-state index is 11.7. The number of nitrogens with zero attached hydrogens (tertiary/aromatic N) is 1. The smallest absolute Gasteiger partial charge is 0.233 e. The Morgan fingerprint density at radius 1 is 1.25 bits per heavy atom. The van der Waals surface area contributed by atoms with E-state index in [0.717, 1.165) is 19.4 Å². The van der Waals surface area contributed by atoms with E-state index in [1.165, 1.54) is 16.3 Å². The van der Waals surface area contributed by atoms with E-state index in [9.17, 15) is 4.79 Å². The molecule has 2 aromatic carbocycles. The molecule has 1 N–H and O–H groups in total. The molecule has 1 aliphatic heterocycles. The molecular weight excluding hydrogens is 248 g/mol. The molecule has 1 heterocycles. The van der Waals surface area contributed by atoms with Crippen LogP contribution in [0.1, 0.15) is 24.4 Å². The molecule has 0 aromatic heterocycles. The Kier molecular flexibility index (Phi) is 3.70. The fourth-order valence-electron chi connectivity index (χ4n) is 3.17. The largest absolute Gasteiger partial charge is 0.358 e. The summed E-state index contributed by atoms with van der Waals surface area (Å²) in [5.41, 5.74) is 1.35. The van der Waals surface area contributed by atoms with Gasteiger partial charge < -0.3 is 5.32 Å². The van der Waals surface area contributed by atoms with E-state index in [2.05, 4.69) is 52.7 Å². The van der Waals surface area contributed by atoms with Crippen molar-refractivity contribution in [3.8, 4) is 0 Å². The number of hydrogen-bond donors (Lipinski definition) is 1. The van der Waals surface area contributed by atoms with Gasteiger partial charge in [-0.1, -0.05) is 42.5 Å². The molecule has 3 heteroatoms. The molecule has 104 valence electrons. The van der Waals surface area contributed by atoms with Crippen molar-refractivity contribution in [2.24, 2.45) is 0 Å². The van der Waals surface area contributed by atoms with Gasteiger partial charge in [-0.3, -0.25) is 9.69 Å². The lowest BCUT2D eigenvalue weighted by Gasteiger charge is -2.25. The molecule has 1 fully saturated rings. The number of carbonyl (C=O) groups is 1. The molecule has 1 amide bonds. The molecule has 3 nitrogen and oxygen atoms in total. The number of amides is 1. The highest BCUT2D eigenvalue weighted by atomic mass is 16.1. The van der Waals surface area contributed by atoms with Gasteiger partial charge in [0.1, 0.15) is 0 Å². The minimum atomic E-state index is 0.0946. The summed E-state index contributed by atoms with van der Waals surface area (Å²) in [6, 6.07) is 15.3. The predicted octanol–water partition coefficient (Wildman–Crippen LogP) is 2.72. The SMILES string of the molecule is CNC(=O)CN1CCCC1c1cccc2ccccc12. The molecule has 0 bridgehead atoms. The summed E-state index contributed by atoms with van der Waals surface area (Å²) in [6.07, 6.45) is 2.29. The molecule has 1 unspecified atom stereocenters. The number of fused-ring (bicyclic) bond motifs is 1. The van der Waals surface area contributed by atoms with E-state index in [4.69, 9.17) is 0 Å². The van der Waals surface area contributed by atoms with Gasteiger partial charge in [0.15, 0.2) is 0 Å². The van der Waals surface area contributed by atoms with Crippen LogP contribution < -0.4 is 5.32 Å². The van der Waals surface area contributed by atoms with Gasteiger partial charge in [0.05, 0.1) is 6.54 Å². The topological polar surface area (TPSA) is 32.3 Å². The third-order valence-corrected chi connectivity index (χ3v) is 4.17. The van der Waals surface area contributed by atoms with Gasteiger partial charge in [0.2, 0.25) is 5.91 Å². The van der Waals surface area contributed by atoms with Gasteiger partial charge in [0.25, 0.3) is 0 Å². The number of hydrogen-bond acceptors (Lipinski definition) is 2. The van der Waals surface area contributed by atoms with Crippen molar-refractivity contribution in [2.45, 2.75) is 18.9 Å². The summed E-state index contributed by atoms with van der Waals surface area (Å²) < 4.78 is 0. The first kappa shape index (κ1) is 13.1. The number of likely N-dealkylation sites (N-methyl/N-ethyl adjacent to an activating group) is 1. The van der Waals surface area contributed by atoms with Crippen molar-refractivity contribution in [2.75, 3.05) is 20.1 Å². The van der Waals surface area contributed by atoms with Gasteiger partial charge >= 0.3 is 0 Å². The van der Waals surface area contributed by atoms with Gasteiger partial charge in [0, 0.05) is 13.1 Å². The number of benzene rings is 2. The Labute approximate surface area is 119 Å². The summed E-state index contributed by atoms with van der Waals surface area (Å²) in [6.45, 7) is 1.49. The van der Waals surface area contributed by atoms with Gasteiger partial charge in [-0.15, -0.1) is 0 Å². The van der Waals surface area contributed by atoms with Crippen LogP contribution in [-0.4, -0.2) is 30.9 Å². The second-order valence-corrected chi connectivity index (χ2v) is 5.37. The lowest BCUT2D eigenvalue weighted by atomic mass is 9.97. The highest BCUT2D eigenvalue weighted by molar-refractivity contribution is 5.86. The molecular formula is C17H20N2O. The fraction of sp³-hybridized carbons (Fsp3) is 0.353. The lowest BCUT2D eigenvalue weighted by Crippen LogP contribution is -2.35. The molecule has 1 saturated heterocycles. The van der Waals surface area contributed by atoms with Crippen LogP contribution >= 0.6 is 0 Å². The maximum Gasteiger partial charge on any atom is 0.233 e. The van der Waals surface area contributed by atoms with Crippen LogP contribution in [0.15, 0.2) is 42.5 Å². The van der Waals surface area contributed by atoms with Gasteiger partial charge in [-0.05, 0) is 35.7 Å². The zero-order chi connectivity index (χ0) is 13.9. The summed E-state index contributed by atoms with van der Waals surface area (Å²) in [5, 5.41) is 5.30. The zero-order valence-electron chi connectivity index (χ0n) is 11.8. The van der Waals surface area contributed by atoms with E-state index in [1.54, 1.807) is 7.05 Å². The molecule has 2 aromatic rings. The zero-order valence-corrected chi connectivity index (χ0v) is 11.8. The Balaban J connectivity index is 1.95. The second-order valence-electron chi connectivity index (χ2n) is 5.37. The summed E-state index contributed by atoms with van der Waals surface area (Å²) in [5.74, 6) is 0.0946. The lowest BCUT2D eigenvalue weighted by molar-refractivity contribution is -0.122. The van der Waals surface area contributed by atoms with Crippen LogP contribution in [0.4, 0.5) is 0 Å². The van der Waals surface area contributed by atoms with Crippen molar-refractivity contribution in [3.05, 3.63) is 48.0 Å². The third kappa shape index (κ3) is 2.41. The normalized spacial score (nSPS) is 19.4. The molecule has 20 heavy (non-hydrogen) atoms.